The van der Waals surface area contributed by atoms with Crippen molar-refractivity contribution in [1.82, 2.24) is 20.1 Å². The van der Waals surface area contributed by atoms with E-state index in [9.17, 15) is 0 Å². The van der Waals surface area contributed by atoms with Crippen LogP contribution in [0.2, 0.25) is 0 Å². The number of rotatable bonds is 4. The molecule has 160 valence electrons. The topological polar surface area (TPSA) is 40.6 Å². The largest absolute Gasteiger partial charge is 0.375 e. The summed E-state index contributed by atoms with van der Waals surface area (Å²) in [6.07, 6.45) is 8.96. The maximum absolute atomic E-state index is 5.68. The second-order valence-electron chi connectivity index (χ2n) is 8.67. The van der Waals surface area contributed by atoms with Crippen molar-refractivity contribution in [3.8, 4) is 11.1 Å². The van der Waals surface area contributed by atoms with Gasteiger partial charge in [-0.3, -0.25) is 4.98 Å². The summed E-state index contributed by atoms with van der Waals surface area (Å²) in [7, 11) is 0. The van der Waals surface area contributed by atoms with Crippen molar-refractivity contribution in [1.29, 1.82) is 0 Å². The van der Waals surface area contributed by atoms with E-state index in [1.54, 1.807) is 0 Å². The first-order valence-corrected chi connectivity index (χ1v) is 11.1. The van der Waals surface area contributed by atoms with Gasteiger partial charge in [0.2, 0.25) is 0 Å². The highest BCUT2D eigenvalue weighted by atomic mass is 16.5. The normalized spacial score (nSPS) is 21.0. The van der Waals surface area contributed by atoms with Crippen LogP contribution in [-0.2, 0) is 11.3 Å². The molecule has 0 bridgehead atoms. The van der Waals surface area contributed by atoms with Gasteiger partial charge in [-0.25, -0.2) is 0 Å². The van der Waals surface area contributed by atoms with E-state index >= 15 is 0 Å². The van der Waals surface area contributed by atoms with Crippen molar-refractivity contribution in [2.45, 2.75) is 26.5 Å². The number of nitrogens with one attached hydrogen (secondary N) is 1. The van der Waals surface area contributed by atoms with Crippen molar-refractivity contribution in [2.75, 3.05) is 32.8 Å². The van der Waals surface area contributed by atoms with Gasteiger partial charge in [0.15, 0.2) is 0 Å². The van der Waals surface area contributed by atoms with E-state index in [4.69, 9.17) is 4.74 Å². The molecule has 1 aromatic carbocycles. The summed E-state index contributed by atoms with van der Waals surface area (Å²) in [6, 6.07) is 13.1. The van der Waals surface area contributed by atoms with Crippen LogP contribution in [0.1, 0.15) is 18.2 Å². The van der Waals surface area contributed by atoms with Crippen LogP contribution < -0.4 is 5.32 Å². The van der Waals surface area contributed by atoms with Crippen LogP contribution >= 0.6 is 0 Å². The van der Waals surface area contributed by atoms with Crippen molar-refractivity contribution in [3.63, 3.8) is 0 Å². The summed E-state index contributed by atoms with van der Waals surface area (Å²) in [5.41, 5.74) is 7.64. The fourth-order valence-corrected chi connectivity index (χ4v) is 4.51. The quantitative estimate of drug-likeness (QED) is 0.823. The number of aryl methyl sites for hydroxylation is 1. The van der Waals surface area contributed by atoms with Crippen molar-refractivity contribution < 1.29 is 4.74 Å². The zero-order valence-corrected chi connectivity index (χ0v) is 18.3. The molecule has 0 radical (unpaired) electrons. The van der Waals surface area contributed by atoms with Crippen LogP contribution in [0.15, 0.2) is 77.9 Å². The smallest absolute Gasteiger partial charge is 0.102 e. The Labute approximate surface area is 184 Å². The summed E-state index contributed by atoms with van der Waals surface area (Å²) in [5, 5.41) is 3.63. The SMILES string of the molecule is Cc1cc(-c2ccc(CN3C=CC4=C(CNC(N5CCO[C@H](C)C5)=C4)C3)cc2)ccn1. The van der Waals surface area contributed by atoms with E-state index < -0.39 is 0 Å². The molecule has 31 heavy (non-hydrogen) atoms. The summed E-state index contributed by atoms with van der Waals surface area (Å²) >= 11 is 0. The van der Waals surface area contributed by atoms with Crippen LogP contribution in [0.25, 0.3) is 11.1 Å². The summed E-state index contributed by atoms with van der Waals surface area (Å²) in [6.45, 7) is 9.67. The van der Waals surface area contributed by atoms with Gasteiger partial charge < -0.3 is 19.9 Å². The molecule has 3 aliphatic rings. The molecule has 4 heterocycles. The Kier molecular flexibility index (Phi) is 5.51. The highest BCUT2D eigenvalue weighted by Gasteiger charge is 2.23. The molecule has 5 heteroatoms. The first-order valence-electron chi connectivity index (χ1n) is 11.1. The third-order valence-electron chi connectivity index (χ3n) is 6.19. The molecule has 0 amide bonds. The zero-order chi connectivity index (χ0) is 21.2. The van der Waals surface area contributed by atoms with Crippen molar-refractivity contribution >= 4 is 0 Å². The molecule has 1 atom stereocenters. The summed E-state index contributed by atoms with van der Waals surface area (Å²) in [4.78, 5) is 9.09. The first kappa shape index (κ1) is 19.9. The lowest BCUT2D eigenvalue weighted by Gasteiger charge is -2.38. The van der Waals surface area contributed by atoms with E-state index in [1.165, 1.54) is 33.7 Å². The minimum absolute atomic E-state index is 0.290. The lowest BCUT2D eigenvalue weighted by atomic mass is 10.00. The fraction of sp³-hybridized carbons (Fsp3) is 0.346. The number of benzene rings is 1. The lowest BCUT2D eigenvalue weighted by molar-refractivity contribution is -0.00820. The van der Waals surface area contributed by atoms with Crippen LogP contribution in [0.5, 0.6) is 0 Å². The molecule has 5 rings (SSSR count). The standard InChI is InChI=1S/C26H30N4O/c1-19-13-23(7-9-27-19)22-5-3-21(4-6-22)17-29-10-8-24-14-26(28-15-25(24)18-29)30-11-12-31-20(2)16-30/h3-10,13-14,20,28H,11-12,15-18H2,1-2H3/t20-/m1/s1. The highest BCUT2D eigenvalue weighted by Crippen LogP contribution is 2.25. The van der Waals surface area contributed by atoms with Gasteiger partial charge in [-0.2, -0.15) is 0 Å². The molecule has 0 spiro atoms. The van der Waals surface area contributed by atoms with Crippen LogP contribution in [-0.4, -0.2) is 53.7 Å². The molecular weight excluding hydrogens is 384 g/mol. The maximum Gasteiger partial charge on any atom is 0.102 e. The molecule has 0 saturated carbocycles. The second kappa shape index (κ2) is 8.60. The Morgan fingerprint density at radius 3 is 2.84 bits per heavy atom. The van der Waals surface area contributed by atoms with Crippen LogP contribution in [0, 0.1) is 6.92 Å². The number of hydrogen-bond acceptors (Lipinski definition) is 5. The number of pyridine rings is 1. The summed E-state index contributed by atoms with van der Waals surface area (Å²) < 4.78 is 5.68. The van der Waals surface area contributed by atoms with Crippen molar-refractivity contribution in [3.05, 3.63) is 89.2 Å². The zero-order valence-electron chi connectivity index (χ0n) is 18.3. The van der Waals surface area contributed by atoms with Gasteiger partial charge in [-0.15, -0.1) is 0 Å². The number of aromatic nitrogens is 1. The van der Waals surface area contributed by atoms with Crippen molar-refractivity contribution in [2.24, 2.45) is 0 Å². The average Bonchev–Trinajstić information content (AvgIpc) is 2.79. The maximum atomic E-state index is 5.68. The predicted octanol–water partition coefficient (Wildman–Crippen LogP) is 3.85. The molecule has 2 aromatic rings. The molecule has 0 unspecified atom stereocenters. The molecular formula is C26H30N4O. The Morgan fingerprint density at radius 2 is 2.03 bits per heavy atom. The number of dihydropyridines is 1. The van der Waals surface area contributed by atoms with Gasteiger partial charge in [-0.05, 0) is 66.0 Å². The molecule has 1 saturated heterocycles. The Bertz CT molecular complexity index is 1040. The van der Waals surface area contributed by atoms with Crippen LogP contribution in [0.4, 0.5) is 0 Å². The summed E-state index contributed by atoms with van der Waals surface area (Å²) in [5.74, 6) is 1.23. The fourth-order valence-electron chi connectivity index (χ4n) is 4.51. The molecule has 1 aromatic heterocycles. The van der Waals surface area contributed by atoms with Gasteiger partial charge in [0.05, 0.1) is 12.7 Å². The van der Waals surface area contributed by atoms with Gasteiger partial charge in [-0.1, -0.05) is 24.3 Å². The number of allylic oxidation sites excluding steroid dienone is 3. The number of morpholine rings is 1. The molecule has 1 fully saturated rings. The van der Waals surface area contributed by atoms with Crippen LogP contribution in [0.3, 0.4) is 0 Å². The van der Waals surface area contributed by atoms with Gasteiger partial charge in [0, 0.05) is 50.8 Å². The third-order valence-corrected chi connectivity index (χ3v) is 6.19. The van der Waals surface area contributed by atoms with E-state index in [0.29, 0.717) is 0 Å². The predicted molar refractivity (Wildman–Crippen MR) is 124 cm³/mol. The number of ether oxygens (including phenoxy) is 1. The van der Waals surface area contributed by atoms with E-state index in [2.05, 4.69) is 81.8 Å². The third kappa shape index (κ3) is 4.52. The van der Waals surface area contributed by atoms with E-state index in [0.717, 1.165) is 45.0 Å². The molecule has 1 N–H and O–H groups in total. The van der Waals surface area contributed by atoms with Gasteiger partial charge in [0.25, 0.3) is 0 Å². The second-order valence-corrected chi connectivity index (χ2v) is 8.67. The average molecular weight is 415 g/mol. The minimum Gasteiger partial charge on any atom is -0.375 e. The molecule has 5 nitrogen and oxygen atoms in total. The van der Waals surface area contributed by atoms with Gasteiger partial charge >= 0.3 is 0 Å². The van der Waals surface area contributed by atoms with E-state index in [-0.39, 0.29) is 6.10 Å². The molecule has 0 aliphatic carbocycles. The first-order chi connectivity index (χ1) is 15.1. The Morgan fingerprint density at radius 1 is 1.16 bits per heavy atom. The number of hydrogen-bond donors (Lipinski definition) is 1. The molecule has 3 aliphatic heterocycles. The Balaban J connectivity index is 1.23. The van der Waals surface area contributed by atoms with E-state index in [1.807, 2.05) is 13.1 Å². The minimum atomic E-state index is 0.290. The van der Waals surface area contributed by atoms with Gasteiger partial charge in [0.1, 0.15) is 5.82 Å². The number of nitrogens with zero attached hydrogens (tertiary/aromatic N) is 3. The highest BCUT2D eigenvalue weighted by molar-refractivity contribution is 5.63. The lowest BCUT2D eigenvalue weighted by Crippen LogP contribution is -2.45. The Hall–Kier alpha value is -3.05. The monoisotopic (exact) mass is 414 g/mol.